The highest BCUT2D eigenvalue weighted by atomic mass is 32.2. The van der Waals surface area contributed by atoms with Crippen LogP contribution < -0.4 is 11.1 Å². The van der Waals surface area contributed by atoms with Crippen LogP contribution in [0.2, 0.25) is 0 Å². The Morgan fingerprint density at radius 2 is 1.95 bits per heavy atom. The molecule has 0 aliphatic carbocycles. The normalized spacial score (nSPS) is 15.5. The maximum Gasteiger partial charge on any atom is 0.327 e. The van der Waals surface area contributed by atoms with Crippen molar-refractivity contribution >= 4 is 28.6 Å². The molecule has 8 nitrogen and oxygen atoms in total. The Labute approximate surface area is 118 Å². The number of aliphatic carboxylic acids is 2. The summed E-state index contributed by atoms with van der Waals surface area (Å²) in [6.45, 7) is 1.63. The van der Waals surface area contributed by atoms with Gasteiger partial charge in [-0.2, -0.15) is 0 Å². The molecule has 0 heterocycles. The molecule has 114 valence electrons. The first-order chi connectivity index (χ1) is 9.27. The van der Waals surface area contributed by atoms with Crippen molar-refractivity contribution in [2.75, 3.05) is 5.75 Å². The number of hydrogen-bond acceptors (Lipinski definition) is 5. The number of amides is 1. The van der Waals surface area contributed by atoms with Gasteiger partial charge in [-0.1, -0.05) is 6.08 Å². The molecule has 0 aromatic heterocycles. The molecule has 0 unspecified atom stereocenters. The Hall–Kier alpha value is -1.74. The van der Waals surface area contributed by atoms with Gasteiger partial charge in [-0.15, -0.1) is 0 Å². The summed E-state index contributed by atoms with van der Waals surface area (Å²) in [5, 5.41) is 20.9. The van der Waals surface area contributed by atoms with Crippen LogP contribution in [-0.2, 0) is 25.2 Å². The largest absolute Gasteiger partial charge is 0.481 e. The molecule has 0 aromatic carbocycles. The Morgan fingerprint density at radius 1 is 1.35 bits per heavy atom. The van der Waals surface area contributed by atoms with Crippen LogP contribution in [0.25, 0.3) is 0 Å². The third kappa shape index (κ3) is 7.64. The lowest BCUT2D eigenvalue weighted by Gasteiger charge is -2.16. The number of rotatable bonds is 9. The molecular weight excluding hydrogens is 288 g/mol. The zero-order chi connectivity index (χ0) is 15.7. The first-order valence-electron chi connectivity index (χ1n) is 5.78. The van der Waals surface area contributed by atoms with Gasteiger partial charge >= 0.3 is 11.9 Å². The number of allylic oxidation sites excluding steroid dienone is 1. The summed E-state index contributed by atoms with van der Waals surface area (Å²) in [6.07, 6.45) is 1.11. The highest BCUT2D eigenvalue weighted by Gasteiger charge is 2.24. The molecule has 0 fully saturated rings. The van der Waals surface area contributed by atoms with Gasteiger partial charge in [0.1, 0.15) is 6.04 Å². The molecule has 3 atom stereocenters. The summed E-state index contributed by atoms with van der Waals surface area (Å²) in [5.41, 5.74) is 5.45. The van der Waals surface area contributed by atoms with E-state index in [9.17, 15) is 18.6 Å². The van der Waals surface area contributed by atoms with E-state index in [1.807, 2.05) is 0 Å². The molecule has 0 aliphatic heterocycles. The molecule has 9 heteroatoms. The molecule has 0 aliphatic rings. The third-order valence-electron chi connectivity index (χ3n) is 2.24. The molecule has 0 saturated heterocycles. The van der Waals surface area contributed by atoms with Gasteiger partial charge < -0.3 is 21.3 Å². The summed E-state index contributed by atoms with van der Waals surface area (Å²) in [4.78, 5) is 32.9. The van der Waals surface area contributed by atoms with Crippen LogP contribution in [-0.4, -0.2) is 50.1 Å². The van der Waals surface area contributed by atoms with Crippen LogP contribution in [0.1, 0.15) is 19.8 Å². The van der Waals surface area contributed by atoms with Crippen LogP contribution in [0.4, 0.5) is 0 Å². The lowest BCUT2D eigenvalue weighted by atomic mass is 10.1. The fourth-order valence-corrected chi connectivity index (χ4v) is 2.20. The van der Waals surface area contributed by atoms with E-state index < -0.39 is 40.7 Å². The number of nitrogens with two attached hydrogens (primary N) is 1. The summed E-state index contributed by atoms with van der Waals surface area (Å²) in [7, 11) is -1.52. The average Bonchev–Trinajstić information content (AvgIpc) is 2.34. The molecule has 0 saturated carbocycles. The Kier molecular flexibility index (Phi) is 8.41. The number of carboxylic acids is 2. The molecule has 1 amide bonds. The van der Waals surface area contributed by atoms with E-state index in [1.165, 1.54) is 11.5 Å². The van der Waals surface area contributed by atoms with Crippen LogP contribution in [0.15, 0.2) is 11.5 Å². The van der Waals surface area contributed by atoms with E-state index in [0.29, 0.717) is 0 Å². The van der Waals surface area contributed by atoms with Crippen molar-refractivity contribution in [3.8, 4) is 0 Å². The zero-order valence-corrected chi connectivity index (χ0v) is 11.8. The van der Waals surface area contributed by atoms with Crippen molar-refractivity contribution in [3.63, 3.8) is 0 Å². The maximum absolute atomic E-state index is 11.6. The molecular formula is C11H18N2O6S. The lowest BCUT2D eigenvalue weighted by Crippen LogP contribution is -2.50. The van der Waals surface area contributed by atoms with Gasteiger partial charge in [0, 0.05) is 17.2 Å². The SMILES string of the molecule is C/C=C/[S@](=O)C[C@H](NC(=O)[C@@H](N)CCC(=O)O)C(=O)O. The van der Waals surface area contributed by atoms with Crippen LogP contribution in [0.5, 0.6) is 0 Å². The highest BCUT2D eigenvalue weighted by molar-refractivity contribution is 7.88. The number of carbonyl (C=O) groups excluding carboxylic acids is 1. The van der Waals surface area contributed by atoms with Crippen molar-refractivity contribution in [2.24, 2.45) is 5.73 Å². The molecule has 0 bridgehead atoms. The molecule has 0 radical (unpaired) electrons. The Balaban J connectivity index is 4.51. The van der Waals surface area contributed by atoms with Gasteiger partial charge in [-0.25, -0.2) is 4.79 Å². The van der Waals surface area contributed by atoms with Crippen molar-refractivity contribution in [3.05, 3.63) is 11.5 Å². The van der Waals surface area contributed by atoms with E-state index in [0.717, 1.165) is 0 Å². The van der Waals surface area contributed by atoms with E-state index in [1.54, 1.807) is 6.92 Å². The summed E-state index contributed by atoms with van der Waals surface area (Å²) >= 11 is 0. The standard InChI is InChI=1S/C11H18N2O6S/c1-2-5-20(19)6-8(11(17)18)13-10(16)7(12)3-4-9(14)15/h2,5,7-8H,3-4,6,12H2,1H3,(H,13,16)(H,14,15)(H,17,18)/b5-2+/t7-,8-,20-/m0/s1. The van der Waals surface area contributed by atoms with E-state index in [-0.39, 0.29) is 18.6 Å². The Bertz CT molecular complexity index is 423. The predicted molar refractivity (Wildman–Crippen MR) is 72.2 cm³/mol. The number of hydrogen-bond donors (Lipinski definition) is 4. The van der Waals surface area contributed by atoms with Gasteiger partial charge in [-0.3, -0.25) is 13.8 Å². The lowest BCUT2D eigenvalue weighted by molar-refractivity contribution is -0.141. The number of carbonyl (C=O) groups is 3. The van der Waals surface area contributed by atoms with E-state index >= 15 is 0 Å². The van der Waals surface area contributed by atoms with Crippen molar-refractivity contribution in [2.45, 2.75) is 31.8 Å². The minimum absolute atomic E-state index is 0.106. The van der Waals surface area contributed by atoms with Crippen molar-refractivity contribution in [1.82, 2.24) is 5.32 Å². The minimum atomic E-state index is -1.52. The number of nitrogens with one attached hydrogen (secondary N) is 1. The van der Waals surface area contributed by atoms with Crippen LogP contribution in [0, 0.1) is 0 Å². The number of carboxylic acid groups (broad SMARTS) is 2. The second-order valence-electron chi connectivity index (χ2n) is 3.96. The quantitative estimate of drug-likeness (QED) is 0.428. The fourth-order valence-electron chi connectivity index (χ4n) is 1.24. The Morgan fingerprint density at radius 3 is 2.40 bits per heavy atom. The van der Waals surface area contributed by atoms with Gasteiger partial charge in [-0.05, 0) is 18.8 Å². The topological polar surface area (TPSA) is 147 Å². The van der Waals surface area contributed by atoms with Gasteiger partial charge in [0.15, 0.2) is 0 Å². The minimum Gasteiger partial charge on any atom is -0.481 e. The zero-order valence-electron chi connectivity index (χ0n) is 10.9. The molecule has 0 spiro atoms. The third-order valence-corrected chi connectivity index (χ3v) is 3.48. The molecule has 20 heavy (non-hydrogen) atoms. The van der Waals surface area contributed by atoms with Gasteiger partial charge in [0.05, 0.1) is 11.8 Å². The summed E-state index contributed by atoms with van der Waals surface area (Å²) in [6, 6.07) is -2.46. The molecule has 5 N–H and O–H groups in total. The van der Waals surface area contributed by atoms with E-state index in [2.05, 4.69) is 5.32 Å². The van der Waals surface area contributed by atoms with Gasteiger partial charge in [0.25, 0.3) is 0 Å². The maximum atomic E-state index is 11.6. The van der Waals surface area contributed by atoms with Gasteiger partial charge in [0.2, 0.25) is 5.91 Å². The predicted octanol–water partition coefficient (Wildman–Crippen LogP) is -0.970. The second kappa shape index (κ2) is 9.21. The molecule has 0 aromatic rings. The first kappa shape index (κ1) is 18.3. The summed E-state index contributed by atoms with van der Waals surface area (Å²) < 4.78 is 11.4. The monoisotopic (exact) mass is 306 g/mol. The van der Waals surface area contributed by atoms with Crippen LogP contribution >= 0.6 is 0 Å². The first-order valence-corrected chi connectivity index (χ1v) is 7.16. The smallest absolute Gasteiger partial charge is 0.327 e. The average molecular weight is 306 g/mol. The van der Waals surface area contributed by atoms with Crippen molar-refractivity contribution < 1.29 is 28.8 Å². The summed E-state index contributed by atoms with van der Waals surface area (Å²) in [5.74, 6) is -3.49. The second-order valence-corrected chi connectivity index (χ2v) is 5.32. The van der Waals surface area contributed by atoms with E-state index in [4.69, 9.17) is 15.9 Å². The highest BCUT2D eigenvalue weighted by Crippen LogP contribution is 1.98. The van der Waals surface area contributed by atoms with Crippen molar-refractivity contribution in [1.29, 1.82) is 0 Å². The fraction of sp³-hybridized carbons (Fsp3) is 0.545. The van der Waals surface area contributed by atoms with Crippen LogP contribution in [0.3, 0.4) is 0 Å². The molecule has 0 rings (SSSR count).